The molecular weight excluding hydrogens is 262 g/mol. The van der Waals surface area contributed by atoms with Gasteiger partial charge in [0, 0.05) is 11.8 Å². The summed E-state index contributed by atoms with van der Waals surface area (Å²) >= 11 is 2.06. The largest absolute Gasteiger partial charge is 0.309 e. The van der Waals surface area contributed by atoms with Gasteiger partial charge in [-0.2, -0.15) is 11.8 Å². The average molecular weight is 294 g/mol. The molecule has 0 amide bonds. The maximum atomic E-state index is 3.69. The number of rotatable bonds is 9. The lowest BCUT2D eigenvalue weighted by atomic mass is 9.99. The van der Waals surface area contributed by atoms with Crippen molar-refractivity contribution in [1.82, 2.24) is 5.32 Å². The van der Waals surface area contributed by atoms with Crippen LogP contribution in [0.15, 0.2) is 24.3 Å². The van der Waals surface area contributed by atoms with E-state index in [4.69, 9.17) is 0 Å². The van der Waals surface area contributed by atoms with Crippen LogP contribution < -0.4 is 5.32 Å². The van der Waals surface area contributed by atoms with Crippen molar-refractivity contribution in [3.63, 3.8) is 0 Å². The third-order valence-electron chi connectivity index (χ3n) is 3.38. The van der Waals surface area contributed by atoms with Crippen LogP contribution in [0.5, 0.6) is 0 Å². The molecule has 0 bridgehead atoms. The van der Waals surface area contributed by atoms with Crippen molar-refractivity contribution in [3.05, 3.63) is 35.4 Å². The zero-order valence-corrected chi connectivity index (χ0v) is 14.6. The number of nitrogens with one attached hydrogen (secondary N) is 1. The Morgan fingerprint density at radius 3 is 2.05 bits per heavy atom. The zero-order valence-electron chi connectivity index (χ0n) is 13.8. The van der Waals surface area contributed by atoms with Crippen LogP contribution in [0.3, 0.4) is 0 Å². The molecule has 20 heavy (non-hydrogen) atoms. The van der Waals surface area contributed by atoms with Crippen molar-refractivity contribution in [3.8, 4) is 0 Å². The number of benzene rings is 1. The van der Waals surface area contributed by atoms with Crippen LogP contribution in [0, 0.1) is 5.92 Å². The van der Waals surface area contributed by atoms with Crippen molar-refractivity contribution in [2.45, 2.75) is 53.0 Å². The van der Waals surface area contributed by atoms with Gasteiger partial charge < -0.3 is 5.32 Å². The Balaban J connectivity index is 2.65. The number of thioether (sulfide) groups is 1. The van der Waals surface area contributed by atoms with Crippen molar-refractivity contribution in [1.29, 1.82) is 0 Å². The zero-order chi connectivity index (χ0) is 15.0. The predicted octanol–water partition coefficient (Wildman–Crippen LogP) is 5.24. The van der Waals surface area contributed by atoms with E-state index in [1.165, 1.54) is 29.1 Å². The molecule has 1 nitrogen and oxygen atoms in total. The maximum absolute atomic E-state index is 3.69. The summed E-state index contributed by atoms with van der Waals surface area (Å²) in [5.74, 6) is 3.80. The maximum Gasteiger partial charge on any atom is 0.0411 e. The van der Waals surface area contributed by atoms with Gasteiger partial charge in [0.15, 0.2) is 0 Å². The Kier molecular flexibility index (Phi) is 8.32. The second kappa shape index (κ2) is 9.46. The van der Waals surface area contributed by atoms with Crippen LogP contribution in [0.1, 0.15) is 64.1 Å². The van der Waals surface area contributed by atoms with Gasteiger partial charge in [0.1, 0.15) is 0 Å². The highest BCUT2D eigenvalue weighted by molar-refractivity contribution is 7.99. The Labute approximate surface area is 129 Å². The fourth-order valence-electron chi connectivity index (χ4n) is 2.13. The summed E-state index contributed by atoms with van der Waals surface area (Å²) in [6.45, 7) is 12.4. The van der Waals surface area contributed by atoms with Gasteiger partial charge in [0.2, 0.25) is 0 Å². The summed E-state index contributed by atoms with van der Waals surface area (Å²) in [5, 5.41) is 3.69. The molecule has 0 heterocycles. The first kappa shape index (κ1) is 17.6. The SMILES string of the molecule is CCCNC(CSCC(C)C)c1ccc(C(C)C)cc1. The standard InChI is InChI=1S/C18H31NS/c1-6-11-19-18(13-20-12-14(2)3)17-9-7-16(8-10-17)15(4)5/h7-10,14-15,18-19H,6,11-13H2,1-5H3. The van der Waals surface area contributed by atoms with Crippen LogP contribution in [0.25, 0.3) is 0 Å². The van der Waals surface area contributed by atoms with Crippen LogP contribution in [-0.2, 0) is 0 Å². The minimum Gasteiger partial charge on any atom is -0.309 e. The summed E-state index contributed by atoms with van der Waals surface area (Å²) in [5.41, 5.74) is 2.86. The molecule has 0 saturated heterocycles. The van der Waals surface area contributed by atoms with Gasteiger partial charge >= 0.3 is 0 Å². The smallest absolute Gasteiger partial charge is 0.0411 e. The van der Waals surface area contributed by atoms with E-state index in [9.17, 15) is 0 Å². The van der Waals surface area contributed by atoms with Gasteiger partial charge in [0.05, 0.1) is 0 Å². The van der Waals surface area contributed by atoms with E-state index in [2.05, 4.69) is 76.0 Å². The normalized spacial score (nSPS) is 13.2. The molecule has 1 atom stereocenters. The average Bonchev–Trinajstić information content (AvgIpc) is 2.42. The molecule has 0 aliphatic carbocycles. The molecule has 0 radical (unpaired) electrons. The van der Waals surface area contributed by atoms with E-state index in [1.807, 2.05) is 0 Å². The minimum atomic E-state index is 0.486. The molecule has 0 saturated carbocycles. The quantitative estimate of drug-likeness (QED) is 0.668. The minimum absolute atomic E-state index is 0.486. The summed E-state index contributed by atoms with van der Waals surface area (Å²) < 4.78 is 0. The molecule has 1 N–H and O–H groups in total. The highest BCUT2D eigenvalue weighted by atomic mass is 32.2. The number of hydrogen-bond acceptors (Lipinski definition) is 2. The summed E-state index contributed by atoms with van der Waals surface area (Å²) in [6.07, 6.45) is 1.19. The van der Waals surface area contributed by atoms with E-state index < -0.39 is 0 Å². The van der Waals surface area contributed by atoms with E-state index in [-0.39, 0.29) is 0 Å². The Morgan fingerprint density at radius 2 is 1.55 bits per heavy atom. The molecule has 1 aromatic carbocycles. The highest BCUT2D eigenvalue weighted by Gasteiger charge is 2.11. The Hall–Kier alpha value is -0.470. The first-order valence-corrected chi connectivity index (χ1v) is 9.11. The molecule has 1 unspecified atom stereocenters. The van der Waals surface area contributed by atoms with Crippen molar-refractivity contribution in [2.75, 3.05) is 18.1 Å². The second-order valence-electron chi connectivity index (χ2n) is 6.26. The first-order chi connectivity index (χ1) is 9.54. The molecule has 0 spiro atoms. The first-order valence-electron chi connectivity index (χ1n) is 7.95. The summed E-state index contributed by atoms with van der Waals surface area (Å²) in [4.78, 5) is 0. The van der Waals surface area contributed by atoms with Gasteiger partial charge in [-0.25, -0.2) is 0 Å². The molecule has 0 aliphatic rings. The summed E-state index contributed by atoms with van der Waals surface area (Å²) in [7, 11) is 0. The highest BCUT2D eigenvalue weighted by Crippen LogP contribution is 2.22. The van der Waals surface area contributed by atoms with E-state index in [1.54, 1.807) is 0 Å². The topological polar surface area (TPSA) is 12.0 Å². The fourth-order valence-corrected chi connectivity index (χ4v) is 3.28. The van der Waals surface area contributed by atoms with Gasteiger partial charge in [-0.05, 0) is 41.7 Å². The van der Waals surface area contributed by atoms with E-state index in [0.717, 1.165) is 12.5 Å². The van der Waals surface area contributed by atoms with Crippen LogP contribution in [0.2, 0.25) is 0 Å². The van der Waals surface area contributed by atoms with Crippen molar-refractivity contribution < 1.29 is 0 Å². The molecule has 1 rings (SSSR count). The number of hydrogen-bond donors (Lipinski definition) is 1. The lowest BCUT2D eigenvalue weighted by Gasteiger charge is -2.20. The monoisotopic (exact) mass is 293 g/mol. The molecule has 0 aromatic heterocycles. The van der Waals surface area contributed by atoms with Gasteiger partial charge in [-0.1, -0.05) is 58.9 Å². The molecule has 114 valence electrons. The Morgan fingerprint density at radius 1 is 0.950 bits per heavy atom. The van der Waals surface area contributed by atoms with Crippen LogP contribution in [-0.4, -0.2) is 18.1 Å². The van der Waals surface area contributed by atoms with Crippen molar-refractivity contribution in [2.24, 2.45) is 5.92 Å². The van der Waals surface area contributed by atoms with Gasteiger partial charge in [-0.15, -0.1) is 0 Å². The third kappa shape index (κ3) is 6.32. The molecule has 0 fully saturated rings. The van der Waals surface area contributed by atoms with Crippen LogP contribution >= 0.6 is 11.8 Å². The van der Waals surface area contributed by atoms with Crippen LogP contribution in [0.4, 0.5) is 0 Å². The van der Waals surface area contributed by atoms with Gasteiger partial charge in [0.25, 0.3) is 0 Å². The lowest BCUT2D eigenvalue weighted by Crippen LogP contribution is -2.24. The fraction of sp³-hybridized carbons (Fsp3) is 0.667. The lowest BCUT2D eigenvalue weighted by molar-refractivity contribution is 0.576. The molecule has 0 aliphatic heterocycles. The van der Waals surface area contributed by atoms with Gasteiger partial charge in [-0.3, -0.25) is 0 Å². The second-order valence-corrected chi connectivity index (χ2v) is 7.33. The molecule has 2 heteroatoms. The molecular formula is C18H31NS. The predicted molar refractivity (Wildman–Crippen MR) is 93.7 cm³/mol. The van der Waals surface area contributed by atoms with Crippen molar-refractivity contribution >= 4 is 11.8 Å². The Bertz CT molecular complexity index is 356. The third-order valence-corrected chi connectivity index (χ3v) is 4.85. The molecule has 1 aromatic rings. The van der Waals surface area contributed by atoms with E-state index in [0.29, 0.717) is 12.0 Å². The summed E-state index contributed by atoms with van der Waals surface area (Å²) in [6, 6.07) is 9.67. The van der Waals surface area contributed by atoms with E-state index >= 15 is 0 Å².